The van der Waals surface area contributed by atoms with Crippen LogP contribution in [0.4, 0.5) is 5.69 Å². The van der Waals surface area contributed by atoms with Gasteiger partial charge >= 0.3 is 11.9 Å². The van der Waals surface area contributed by atoms with Gasteiger partial charge in [-0.3, -0.25) is 9.59 Å². The van der Waals surface area contributed by atoms with Gasteiger partial charge < -0.3 is 24.7 Å². The number of quaternary nitrogens is 1. The maximum absolute atomic E-state index is 12.7. The Morgan fingerprint density at radius 3 is 2.86 bits per heavy atom. The van der Waals surface area contributed by atoms with Crippen molar-refractivity contribution in [2.75, 3.05) is 38.7 Å². The van der Waals surface area contributed by atoms with Gasteiger partial charge in [-0.1, -0.05) is 17.7 Å². The molecular formula is C20H25ClN3O5+. The highest BCUT2D eigenvalue weighted by Gasteiger charge is 2.31. The van der Waals surface area contributed by atoms with Gasteiger partial charge in [0.1, 0.15) is 11.6 Å². The molecule has 156 valence electrons. The van der Waals surface area contributed by atoms with Gasteiger partial charge in [-0.2, -0.15) is 0 Å². The van der Waals surface area contributed by atoms with E-state index in [0.29, 0.717) is 34.8 Å². The Bertz CT molecular complexity index is 926. The summed E-state index contributed by atoms with van der Waals surface area (Å²) >= 11 is 6.30. The number of fused-ring (bicyclic) bond motifs is 1. The topological polar surface area (TPSA) is 102 Å². The normalized spacial score (nSPS) is 19.0. The molecule has 0 spiro atoms. The minimum atomic E-state index is -0.597. The first-order valence-electron chi connectivity index (χ1n) is 9.63. The van der Waals surface area contributed by atoms with Crippen molar-refractivity contribution < 1.29 is 28.8 Å². The van der Waals surface area contributed by atoms with Crippen molar-refractivity contribution in [3.8, 4) is 0 Å². The highest BCUT2D eigenvalue weighted by Crippen LogP contribution is 2.33. The molecule has 0 radical (unpaired) electrons. The van der Waals surface area contributed by atoms with E-state index in [0.717, 1.165) is 24.3 Å². The van der Waals surface area contributed by atoms with Crippen molar-refractivity contribution in [3.63, 3.8) is 0 Å². The van der Waals surface area contributed by atoms with Crippen LogP contribution < -0.4 is 10.2 Å². The van der Waals surface area contributed by atoms with Crippen LogP contribution in [0.1, 0.15) is 30.3 Å². The number of hydrogen-bond donors (Lipinski definition) is 3. The number of halogens is 1. The quantitative estimate of drug-likeness (QED) is 0.611. The van der Waals surface area contributed by atoms with Crippen LogP contribution in [0.3, 0.4) is 0 Å². The Hall–Kier alpha value is -2.58. The zero-order chi connectivity index (χ0) is 21.0. The molecule has 1 aliphatic rings. The van der Waals surface area contributed by atoms with Crippen LogP contribution in [-0.2, 0) is 19.1 Å². The molecule has 1 saturated heterocycles. The predicted molar refractivity (Wildman–Crippen MR) is 108 cm³/mol. The highest BCUT2D eigenvalue weighted by atomic mass is 35.5. The molecule has 1 amide bonds. The van der Waals surface area contributed by atoms with Crippen LogP contribution in [-0.4, -0.2) is 56.2 Å². The van der Waals surface area contributed by atoms with Crippen molar-refractivity contribution in [2.24, 2.45) is 5.92 Å². The van der Waals surface area contributed by atoms with Crippen LogP contribution in [0.15, 0.2) is 18.2 Å². The summed E-state index contributed by atoms with van der Waals surface area (Å²) in [6, 6.07) is 5.21. The molecular weight excluding hydrogens is 398 g/mol. The van der Waals surface area contributed by atoms with E-state index in [1.54, 1.807) is 25.1 Å². The molecule has 2 aromatic rings. The molecule has 1 fully saturated rings. The molecule has 3 N–H and O–H groups in total. The summed E-state index contributed by atoms with van der Waals surface area (Å²) in [6.07, 6.45) is 1.62. The standard InChI is InChI=1S/C20H24ClN3O5/c1-3-29-19(26)12-6-5-9-24(10-12)11-15(25)23-17-16-13(21)7-4-8-14(16)22-18(17)20(27)28-2/h4,7-8,12,22H,3,5-6,9-11H2,1-2H3,(H,23,25)/p+1/t12-/m1/s1. The van der Waals surface area contributed by atoms with Crippen LogP contribution in [0.2, 0.25) is 5.02 Å². The second kappa shape index (κ2) is 9.28. The van der Waals surface area contributed by atoms with Crippen molar-refractivity contribution in [3.05, 3.63) is 28.9 Å². The number of aromatic nitrogens is 1. The van der Waals surface area contributed by atoms with E-state index < -0.39 is 5.97 Å². The zero-order valence-electron chi connectivity index (χ0n) is 16.5. The molecule has 1 aromatic carbocycles. The fourth-order valence-corrected chi connectivity index (χ4v) is 4.04. The van der Waals surface area contributed by atoms with E-state index in [4.69, 9.17) is 21.1 Å². The summed E-state index contributed by atoms with van der Waals surface area (Å²) in [5.41, 5.74) is 1.07. The third-order valence-electron chi connectivity index (χ3n) is 5.08. The molecule has 0 bridgehead atoms. The maximum atomic E-state index is 12.7. The van der Waals surface area contributed by atoms with E-state index in [1.807, 2.05) is 0 Å². The lowest BCUT2D eigenvalue weighted by atomic mass is 9.98. The third-order valence-corrected chi connectivity index (χ3v) is 5.39. The van der Waals surface area contributed by atoms with Gasteiger partial charge in [-0.25, -0.2) is 4.79 Å². The molecule has 9 heteroatoms. The van der Waals surface area contributed by atoms with Crippen LogP contribution in [0.25, 0.3) is 10.9 Å². The largest absolute Gasteiger partial charge is 0.466 e. The summed E-state index contributed by atoms with van der Waals surface area (Å²) in [7, 11) is 1.27. The SMILES string of the molecule is CCOC(=O)[C@@H]1CCC[NH+](CC(=O)Nc2c(C(=O)OC)[nH]c3cccc(Cl)c23)C1. The first-order valence-corrected chi connectivity index (χ1v) is 10.0. The zero-order valence-corrected chi connectivity index (χ0v) is 17.2. The minimum Gasteiger partial charge on any atom is -0.466 e. The summed E-state index contributed by atoms with van der Waals surface area (Å²) in [5, 5.41) is 3.78. The third kappa shape index (κ3) is 4.71. The number of carbonyl (C=O) groups is 3. The maximum Gasteiger partial charge on any atom is 0.356 e. The number of ether oxygens (including phenoxy) is 2. The van der Waals surface area contributed by atoms with Gasteiger partial charge in [-0.05, 0) is 31.9 Å². The summed E-state index contributed by atoms with van der Waals surface area (Å²) in [4.78, 5) is 40.9. The summed E-state index contributed by atoms with van der Waals surface area (Å²) in [6.45, 7) is 3.65. The van der Waals surface area contributed by atoms with E-state index in [-0.39, 0.29) is 30.0 Å². The fourth-order valence-electron chi connectivity index (χ4n) is 3.77. The van der Waals surface area contributed by atoms with Crippen molar-refractivity contribution in [1.82, 2.24) is 4.98 Å². The molecule has 1 unspecified atom stereocenters. The Morgan fingerprint density at radius 2 is 2.14 bits per heavy atom. The van der Waals surface area contributed by atoms with Crippen LogP contribution in [0, 0.1) is 5.92 Å². The summed E-state index contributed by atoms with van der Waals surface area (Å²) < 4.78 is 9.93. The molecule has 2 atom stereocenters. The van der Waals surface area contributed by atoms with Crippen molar-refractivity contribution in [1.29, 1.82) is 0 Å². The Kier molecular flexibility index (Phi) is 6.76. The number of piperidine rings is 1. The first-order chi connectivity index (χ1) is 13.9. The molecule has 29 heavy (non-hydrogen) atoms. The number of benzene rings is 1. The average Bonchev–Trinajstić information content (AvgIpc) is 3.07. The lowest BCUT2D eigenvalue weighted by Crippen LogP contribution is -3.14. The Morgan fingerprint density at radius 1 is 1.34 bits per heavy atom. The number of anilines is 1. The minimum absolute atomic E-state index is 0.141. The lowest BCUT2D eigenvalue weighted by Gasteiger charge is -2.28. The number of nitrogens with one attached hydrogen (secondary N) is 3. The van der Waals surface area contributed by atoms with Crippen LogP contribution in [0.5, 0.6) is 0 Å². The number of H-pyrrole nitrogens is 1. The highest BCUT2D eigenvalue weighted by molar-refractivity contribution is 6.37. The second-order valence-corrected chi connectivity index (χ2v) is 7.46. The molecule has 8 nitrogen and oxygen atoms in total. The van der Waals surface area contributed by atoms with Crippen molar-refractivity contribution in [2.45, 2.75) is 19.8 Å². The van der Waals surface area contributed by atoms with Gasteiger partial charge in [-0.15, -0.1) is 0 Å². The van der Waals surface area contributed by atoms with Gasteiger partial charge in [0.2, 0.25) is 0 Å². The smallest absolute Gasteiger partial charge is 0.356 e. The van der Waals surface area contributed by atoms with E-state index >= 15 is 0 Å². The predicted octanol–water partition coefficient (Wildman–Crippen LogP) is 1.40. The van der Waals surface area contributed by atoms with Crippen molar-refractivity contribution >= 4 is 46.0 Å². The molecule has 0 aliphatic carbocycles. The number of aromatic amines is 1. The van der Waals surface area contributed by atoms with Gasteiger partial charge in [0.15, 0.2) is 6.54 Å². The van der Waals surface area contributed by atoms with Gasteiger partial charge in [0.05, 0.1) is 37.5 Å². The van der Waals surface area contributed by atoms with E-state index in [9.17, 15) is 14.4 Å². The van der Waals surface area contributed by atoms with Gasteiger partial charge in [0, 0.05) is 10.9 Å². The number of methoxy groups -OCH3 is 1. The number of hydrogen-bond acceptors (Lipinski definition) is 5. The number of carbonyl (C=O) groups excluding carboxylic acids is 3. The molecule has 3 rings (SSSR count). The Balaban J connectivity index is 1.76. The average molecular weight is 423 g/mol. The molecule has 1 aliphatic heterocycles. The molecule has 2 heterocycles. The number of amides is 1. The van der Waals surface area contributed by atoms with Gasteiger partial charge in [0.25, 0.3) is 5.91 Å². The molecule has 1 aromatic heterocycles. The van der Waals surface area contributed by atoms with Crippen LogP contribution >= 0.6 is 11.6 Å². The number of esters is 2. The summed E-state index contributed by atoms with van der Waals surface area (Å²) in [5.74, 6) is -1.27. The fraction of sp³-hybridized carbons (Fsp3) is 0.450. The number of likely N-dealkylation sites (tertiary alicyclic amines) is 1. The Labute approximate surface area is 173 Å². The monoisotopic (exact) mass is 422 g/mol. The van der Waals surface area contributed by atoms with E-state index in [2.05, 4.69) is 10.3 Å². The van der Waals surface area contributed by atoms with E-state index in [1.165, 1.54) is 7.11 Å². The second-order valence-electron chi connectivity index (χ2n) is 7.05. The molecule has 0 saturated carbocycles. The first kappa shape index (κ1) is 21.1. The lowest BCUT2D eigenvalue weighted by molar-refractivity contribution is -0.899. The number of rotatable bonds is 6.